The van der Waals surface area contributed by atoms with Crippen molar-refractivity contribution in [1.29, 1.82) is 5.26 Å². The second-order valence-electron chi connectivity index (χ2n) is 10.8. The van der Waals surface area contributed by atoms with Crippen LogP contribution in [0.1, 0.15) is 53.2 Å². The van der Waals surface area contributed by atoms with E-state index >= 15 is 0 Å². The van der Waals surface area contributed by atoms with Gasteiger partial charge in [-0.05, 0) is 47.7 Å². The standard InChI is InChI=1S/C34H28ClFN4O4/c35-28-11-22(18-39-23-12-33(41)40-34(42)13-23)31(43-19-21-10-20(15-37)16-38-17-21)14-32(28)44-30-9-8-25-24(5-3-6-27(25)30)26-4-1-2-7-29(26)36/h1-7,10-11,14,16-17,23,30,39H,8-9,12-13,18-19H2,(H,40,41,42)/t30-/m0/s1. The van der Waals surface area contributed by atoms with E-state index < -0.39 is 0 Å². The van der Waals surface area contributed by atoms with E-state index in [4.69, 9.17) is 21.1 Å². The Morgan fingerprint density at radius 3 is 2.61 bits per heavy atom. The Morgan fingerprint density at radius 2 is 1.82 bits per heavy atom. The molecule has 1 saturated heterocycles. The van der Waals surface area contributed by atoms with Gasteiger partial charge in [0.2, 0.25) is 11.8 Å². The molecule has 2 N–H and O–H groups in total. The van der Waals surface area contributed by atoms with Gasteiger partial charge >= 0.3 is 0 Å². The number of nitriles is 1. The van der Waals surface area contributed by atoms with Gasteiger partial charge in [0.05, 0.1) is 10.6 Å². The number of piperidine rings is 1. The summed E-state index contributed by atoms with van der Waals surface area (Å²) in [6, 6.07) is 19.5. The summed E-state index contributed by atoms with van der Waals surface area (Å²) in [5, 5.41) is 15.2. The lowest BCUT2D eigenvalue weighted by Crippen LogP contribution is -2.46. The fourth-order valence-electron chi connectivity index (χ4n) is 5.73. The van der Waals surface area contributed by atoms with Crippen molar-refractivity contribution in [3.63, 3.8) is 0 Å². The molecule has 0 saturated carbocycles. The van der Waals surface area contributed by atoms with Gasteiger partial charge in [0.15, 0.2) is 0 Å². The molecule has 4 aromatic rings. The molecular formula is C34H28ClFN4O4. The van der Waals surface area contributed by atoms with E-state index in [-0.39, 0.29) is 55.8 Å². The molecule has 10 heteroatoms. The number of pyridine rings is 1. The number of rotatable bonds is 9. The first-order valence-electron chi connectivity index (χ1n) is 14.3. The number of hydrogen-bond acceptors (Lipinski definition) is 7. The molecule has 222 valence electrons. The summed E-state index contributed by atoms with van der Waals surface area (Å²) >= 11 is 6.76. The number of hydrogen-bond donors (Lipinski definition) is 2. The molecule has 2 amide bonds. The number of carbonyl (C=O) groups is 2. The van der Waals surface area contributed by atoms with Crippen LogP contribution in [-0.2, 0) is 29.2 Å². The van der Waals surface area contributed by atoms with Crippen molar-refractivity contribution in [2.75, 3.05) is 0 Å². The highest BCUT2D eigenvalue weighted by Crippen LogP contribution is 2.43. The molecule has 0 spiro atoms. The van der Waals surface area contributed by atoms with Crippen LogP contribution < -0.4 is 20.1 Å². The number of nitrogens with zero attached hydrogens (tertiary/aromatic N) is 2. The predicted octanol–water partition coefficient (Wildman–Crippen LogP) is 5.95. The summed E-state index contributed by atoms with van der Waals surface area (Å²) in [4.78, 5) is 27.8. The maximum atomic E-state index is 14.7. The minimum atomic E-state index is -0.325. The van der Waals surface area contributed by atoms with Crippen LogP contribution in [0.25, 0.3) is 11.1 Å². The van der Waals surface area contributed by atoms with E-state index in [1.165, 1.54) is 12.3 Å². The Kier molecular flexibility index (Phi) is 8.55. The number of aromatic nitrogens is 1. The number of carbonyl (C=O) groups excluding carboxylic acids is 2. The van der Waals surface area contributed by atoms with Gasteiger partial charge in [-0.25, -0.2) is 4.39 Å². The van der Waals surface area contributed by atoms with Gasteiger partial charge < -0.3 is 14.8 Å². The summed E-state index contributed by atoms with van der Waals surface area (Å²) in [5.74, 6) is 0.00153. The van der Waals surface area contributed by atoms with Gasteiger partial charge in [-0.2, -0.15) is 5.26 Å². The minimum Gasteiger partial charge on any atom is -0.488 e. The topological polar surface area (TPSA) is 113 Å². The lowest BCUT2D eigenvalue weighted by molar-refractivity contribution is -0.133. The van der Waals surface area contributed by atoms with Gasteiger partial charge in [-0.1, -0.05) is 48.0 Å². The third-order valence-corrected chi connectivity index (χ3v) is 8.10. The zero-order chi connectivity index (χ0) is 30.6. The van der Waals surface area contributed by atoms with Crippen molar-refractivity contribution < 1.29 is 23.5 Å². The highest BCUT2D eigenvalue weighted by molar-refractivity contribution is 6.32. The highest BCUT2D eigenvalue weighted by atomic mass is 35.5. The van der Waals surface area contributed by atoms with Crippen LogP contribution in [0.4, 0.5) is 4.39 Å². The molecule has 44 heavy (non-hydrogen) atoms. The van der Waals surface area contributed by atoms with Crippen LogP contribution in [0.5, 0.6) is 11.5 Å². The molecule has 1 atom stereocenters. The number of halogens is 2. The van der Waals surface area contributed by atoms with Crippen molar-refractivity contribution in [3.8, 4) is 28.7 Å². The molecule has 2 aliphatic rings. The number of ether oxygens (including phenoxy) is 2. The molecule has 1 aliphatic carbocycles. The van der Waals surface area contributed by atoms with Gasteiger partial charge in [0, 0.05) is 60.6 Å². The van der Waals surface area contributed by atoms with Crippen LogP contribution in [-0.4, -0.2) is 22.8 Å². The largest absolute Gasteiger partial charge is 0.488 e. The fraction of sp³-hybridized carbons (Fsp3) is 0.235. The molecule has 8 nitrogen and oxygen atoms in total. The monoisotopic (exact) mass is 610 g/mol. The van der Waals surface area contributed by atoms with Crippen molar-refractivity contribution >= 4 is 23.4 Å². The third kappa shape index (κ3) is 6.42. The normalized spacial score (nSPS) is 16.2. The summed E-state index contributed by atoms with van der Waals surface area (Å²) in [6.45, 7) is 0.425. The minimum absolute atomic E-state index is 0.138. The summed E-state index contributed by atoms with van der Waals surface area (Å²) in [6.07, 6.45) is 4.59. The van der Waals surface area contributed by atoms with E-state index in [1.807, 2.05) is 24.3 Å². The average Bonchev–Trinajstić information content (AvgIpc) is 3.43. The third-order valence-electron chi connectivity index (χ3n) is 7.81. The molecule has 1 aromatic heterocycles. The van der Waals surface area contributed by atoms with Crippen molar-refractivity contribution in [2.45, 2.75) is 51.0 Å². The summed E-state index contributed by atoms with van der Waals surface area (Å²) in [7, 11) is 0. The Hall–Kier alpha value is -4.78. The van der Waals surface area contributed by atoms with E-state index in [0.717, 1.165) is 23.1 Å². The zero-order valence-electron chi connectivity index (χ0n) is 23.6. The first kappa shape index (κ1) is 29.3. The number of nitrogens with one attached hydrogen (secondary N) is 2. The molecule has 0 unspecified atom stereocenters. The molecule has 0 bridgehead atoms. The smallest absolute Gasteiger partial charge is 0.228 e. The Morgan fingerprint density at radius 1 is 1.02 bits per heavy atom. The zero-order valence-corrected chi connectivity index (χ0v) is 24.4. The van der Waals surface area contributed by atoms with E-state index in [0.29, 0.717) is 45.2 Å². The van der Waals surface area contributed by atoms with Gasteiger partial charge in [0.25, 0.3) is 0 Å². The van der Waals surface area contributed by atoms with E-state index in [2.05, 4.69) is 21.7 Å². The number of fused-ring (bicyclic) bond motifs is 1. The summed E-state index contributed by atoms with van der Waals surface area (Å²) in [5.41, 5.74) is 5.28. The molecule has 1 aliphatic heterocycles. The molecular weight excluding hydrogens is 583 g/mol. The van der Waals surface area contributed by atoms with Gasteiger partial charge in [-0.3, -0.25) is 19.9 Å². The lowest BCUT2D eigenvalue weighted by atomic mass is 9.96. The van der Waals surface area contributed by atoms with Gasteiger partial charge in [-0.15, -0.1) is 0 Å². The van der Waals surface area contributed by atoms with Crippen molar-refractivity contribution in [1.82, 2.24) is 15.6 Å². The van der Waals surface area contributed by atoms with E-state index in [1.54, 1.807) is 36.5 Å². The molecule has 6 rings (SSSR count). The molecule has 0 radical (unpaired) electrons. The first-order valence-corrected chi connectivity index (χ1v) is 14.6. The Bertz CT molecular complexity index is 1770. The Balaban J connectivity index is 1.26. The number of benzene rings is 3. The molecule has 3 aromatic carbocycles. The maximum absolute atomic E-state index is 14.7. The summed E-state index contributed by atoms with van der Waals surface area (Å²) < 4.78 is 27.3. The second-order valence-corrected chi connectivity index (χ2v) is 11.2. The second kappa shape index (κ2) is 12.8. The van der Waals surface area contributed by atoms with E-state index in [9.17, 15) is 19.2 Å². The van der Waals surface area contributed by atoms with Crippen molar-refractivity contribution in [3.05, 3.63) is 112 Å². The predicted molar refractivity (Wildman–Crippen MR) is 161 cm³/mol. The first-order chi connectivity index (χ1) is 21.4. The van der Waals surface area contributed by atoms with Crippen LogP contribution in [0.3, 0.4) is 0 Å². The Labute approximate surface area is 258 Å². The van der Waals surface area contributed by atoms with Gasteiger partial charge in [0.1, 0.15) is 36.1 Å². The SMILES string of the molecule is N#Cc1cncc(COc2cc(O[C@H]3CCc4c(-c5ccccc5F)cccc43)c(Cl)cc2CNC2CC(=O)NC(=O)C2)c1. The fourth-order valence-corrected chi connectivity index (χ4v) is 5.96. The lowest BCUT2D eigenvalue weighted by Gasteiger charge is -2.23. The van der Waals surface area contributed by atoms with Crippen LogP contribution in [0.2, 0.25) is 5.02 Å². The highest BCUT2D eigenvalue weighted by Gasteiger charge is 2.29. The average molecular weight is 611 g/mol. The quantitative estimate of drug-likeness (QED) is 0.225. The maximum Gasteiger partial charge on any atom is 0.228 e. The molecule has 2 heterocycles. The van der Waals surface area contributed by atoms with Crippen molar-refractivity contribution in [2.24, 2.45) is 0 Å². The van der Waals surface area contributed by atoms with Crippen LogP contribution in [0, 0.1) is 17.1 Å². The number of imide groups is 1. The number of amides is 2. The van der Waals surface area contributed by atoms with Crippen LogP contribution in [0.15, 0.2) is 73.1 Å². The molecule has 1 fully saturated rings. The van der Waals surface area contributed by atoms with Crippen LogP contribution >= 0.6 is 11.6 Å².